The Morgan fingerprint density at radius 1 is 0.507 bits per heavy atom. The van der Waals surface area contributed by atoms with E-state index in [0.29, 0.717) is 11.5 Å². The molecule has 0 amide bonds. The smallest absolute Gasteiger partial charge is 0 e. The average Bonchev–Trinajstić information content (AvgIpc) is 3.96. The minimum absolute atomic E-state index is 0. The third kappa shape index (κ3) is 8.86. The maximum Gasteiger partial charge on any atom is 0 e. The van der Waals surface area contributed by atoms with E-state index in [1.165, 1.54) is 69.7 Å². The number of pyridine rings is 1. The Labute approximate surface area is 451 Å². The van der Waals surface area contributed by atoms with Gasteiger partial charge in [0.1, 0.15) is 0 Å². The van der Waals surface area contributed by atoms with E-state index >= 15 is 0 Å². The molecule has 0 fully saturated rings. The summed E-state index contributed by atoms with van der Waals surface area (Å²) in [5.74, 6) is 7.15. The molecule has 11 rings (SSSR count). The number of hydrogen-bond acceptors (Lipinski definition) is 4. The predicted molar refractivity (Wildman–Crippen MR) is 307 cm³/mol. The fraction of sp³-hybridized carbons (Fsp3) is 0.273. The molecule has 0 radical (unpaired) electrons. The van der Waals surface area contributed by atoms with E-state index < -0.39 is 12.8 Å². The number of fused-ring (bicyclic) bond motifs is 1. The number of anilines is 4. The van der Waals surface area contributed by atoms with Crippen LogP contribution in [0, 0.1) is 18.8 Å². The van der Waals surface area contributed by atoms with Gasteiger partial charge in [-0.2, -0.15) is 0 Å². The Balaban J connectivity index is 0.00000611. The van der Waals surface area contributed by atoms with Crippen molar-refractivity contribution in [2.24, 2.45) is 0 Å². The van der Waals surface area contributed by atoms with Crippen molar-refractivity contribution < 1.29 is 25.8 Å². The van der Waals surface area contributed by atoms with Crippen LogP contribution < -0.4 is 23.5 Å². The molecule has 0 bridgehead atoms. The monoisotopic (exact) mass is 1210 g/mol. The van der Waals surface area contributed by atoms with Crippen molar-refractivity contribution in [1.29, 1.82) is 0 Å². The number of benzene rings is 7. The second-order valence-corrected chi connectivity index (χ2v) is 31.8. The molecule has 0 saturated heterocycles. The summed E-state index contributed by atoms with van der Waals surface area (Å²) in [5, 5.41) is 2.62. The van der Waals surface area contributed by atoms with E-state index in [4.69, 9.17) is 9.72 Å². The van der Waals surface area contributed by atoms with Gasteiger partial charge >= 0.3 is 266 Å². The zero-order valence-electron chi connectivity index (χ0n) is 44.9. The maximum absolute atomic E-state index is 6.97. The number of aromatic nitrogens is 2. The maximum atomic E-state index is 6.97. The van der Waals surface area contributed by atoms with Crippen LogP contribution >= 0.6 is 0 Å². The number of ether oxygens (including phenoxy) is 1. The van der Waals surface area contributed by atoms with Crippen molar-refractivity contribution in [3.8, 4) is 39.6 Å². The second-order valence-electron chi connectivity index (χ2n) is 24.4. The molecule has 2 aliphatic heterocycles. The van der Waals surface area contributed by atoms with Crippen LogP contribution in [0.5, 0.6) is 11.5 Å². The largest absolute Gasteiger partial charge is 0.0561 e. The van der Waals surface area contributed by atoms with Crippen molar-refractivity contribution in [1.82, 2.24) is 9.55 Å². The van der Waals surface area contributed by atoms with Gasteiger partial charge < -0.3 is 0 Å². The summed E-state index contributed by atoms with van der Waals surface area (Å²) in [4.78, 5) is 9.65. The number of hydrogen-bond donors (Lipinski definition) is 0. The Hall–Kier alpha value is -5.90. The fourth-order valence-electron chi connectivity index (χ4n) is 10.5. The summed E-state index contributed by atoms with van der Waals surface area (Å²) in [5.41, 5.74) is 16.0. The molecule has 7 heteroatoms. The third-order valence-corrected chi connectivity index (χ3v) is 20.8. The van der Waals surface area contributed by atoms with Crippen LogP contribution in [0.4, 0.5) is 22.7 Å². The second kappa shape index (κ2) is 17.9. The molecule has 9 aromatic rings. The van der Waals surface area contributed by atoms with Crippen LogP contribution in [0.2, 0.25) is 11.6 Å². The van der Waals surface area contributed by atoms with E-state index in [-0.39, 0.29) is 42.7 Å². The molecule has 0 N–H and O–H groups in total. The van der Waals surface area contributed by atoms with Crippen molar-refractivity contribution in [3.05, 3.63) is 187 Å². The SMILES string of the molecule is CC(C)(C)c1cc(-c2cc(C(C)(C)C)cc(-c3ccccc3)c2N2[CH-]N(c3[c-]c(Oc4[c-]c5c6c(c4)[Se](C)(C)c4cccc(c46)n5-c4cc(C(C)(C)C)ccn4)ccc3)c3ccccc32)cc(C(C)(C)C)c1.[Pt]. The first kappa shape index (κ1) is 50.6. The molecule has 0 aliphatic carbocycles. The topological polar surface area (TPSA) is 33.5 Å². The Morgan fingerprint density at radius 2 is 1.10 bits per heavy atom. The first-order chi connectivity index (χ1) is 34.0. The molecule has 0 atom stereocenters. The number of para-hydroxylation sites is 2. The first-order valence-electron chi connectivity index (χ1n) is 25.3. The first-order valence-corrected chi connectivity index (χ1v) is 30.5. The zero-order valence-corrected chi connectivity index (χ0v) is 48.8. The van der Waals surface area contributed by atoms with Gasteiger partial charge in [0.15, 0.2) is 0 Å². The summed E-state index contributed by atoms with van der Waals surface area (Å²) in [6, 6.07) is 59.0. The summed E-state index contributed by atoms with van der Waals surface area (Å²) in [7, 11) is 0. The van der Waals surface area contributed by atoms with Crippen LogP contribution in [0.15, 0.2) is 146 Å². The molecule has 2 aromatic heterocycles. The molecule has 0 unspecified atom stereocenters. The molecular formula is C66H67N4OPtSe-3. The van der Waals surface area contributed by atoms with Crippen LogP contribution in [0.25, 0.3) is 49.9 Å². The Morgan fingerprint density at radius 3 is 1.74 bits per heavy atom. The summed E-state index contributed by atoms with van der Waals surface area (Å²) < 4.78 is 12.1. The molecule has 2 aliphatic rings. The van der Waals surface area contributed by atoms with Gasteiger partial charge in [0.2, 0.25) is 0 Å². The minimum atomic E-state index is -2.31. The summed E-state index contributed by atoms with van der Waals surface area (Å²) in [6.45, 7) is 29.9. The molecule has 5 nitrogen and oxygen atoms in total. The van der Waals surface area contributed by atoms with E-state index in [2.05, 4.69) is 261 Å². The van der Waals surface area contributed by atoms with Gasteiger partial charge in [-0.3, -0.25) is 0 Å². The molecule has 376 valence electrons. The van der Waals surface area contributed by atoms with Crippen LogP contribution in [-0.2, 0) is 42.7 Å². The van der Waals surface area contributed by atoms with E-state index in [0.717, 1.165) is 34.1 Å². The fourth-order valence-corrected chi connectivity index (χ4v) is 15.7. The van der Waals surface area contributed by atoms with Crippen LogP contribution in [-0.4, -0.2) is 22.4 Å². The molecular weight excluding hydrogens is 1140 g/mol. The van der Waals surface area contributed by atoms with Gasteiger partial charge in [0.05, 0.1) is 0 Å². The van der Waals surface area contributed by atoms with Gasteiger partial charge in [0.25, 0.3) is 0 Å². The third-order valence-electron chi connectivity index (χ3n) is 14.8. The number of rotatable bonds is 7. The Kier molecular flexibility index (Phi) is 12.4. The zero-order chi connectivity index (χ0) is 50.9. The van der Waals surface area contributed by atoms with Crippen molar-refractivity contribution >= 4 is 66.3 Å². The van der Waals surface area contributed by atoms with Gasteiger partial charge in [-0.15, -0.1) is 0 Å². The summed E-state index contributed by atoms with van der Waals surface area (Å²) in [6.07, 6.45) is 1.94. The van der Waals surface area contributed by atoms with E-state index in [1.807, 2.05) is 12.3 Å². The molecule has 7 aromatic carbocycles. The average molecular weight is 1210 g/mol. The normalized spacial score (nSPS) is 14.8. The van der Waals surface area contributed by atoms with Gasteiger partial charge in [-0.25, -0.2) is 0 Å². The van der Waals surface area contributed by atoms with Gasteiger partial charge in [-0.1, -0.05) is 111 Å². The van der Waals surface area contributed by atoms with Gasteiger partial charge in [-0.05, 0) is 56.2 Å². The summed E-state index contributed by atoms with van der Waals surface area (Å²) >= 11 is -2.31. The number of nitrogens with zero attached hydrogens (tertiary/aromatic N) is 4. The molecule has 0 saturated carbocycles. The quantitative estimate of drug-likeness (QED) is 0.118. The van der Waals surface area contributed by atoms with E-state index in [9.17, 15) is 0 Å². The minimum Gasteiger partial charge on any atom is -0.0561 e. The Bertz CT molecular complexity index is 3590. The van der Waals surface area contributed by atoms with Crippen LogP contribution in [0.3, 0.4) is 0 Å². The standard InChI is InChI=1S/C66H67N4OSe.Pt/c1-63(2,3)44-30-31-67-59(37-44)70-55-28-21-29-57-60(55)61-56(70)39-50(40-58(61)72(57,13)14)71-49-25-20-24-48(38-49)68-41-69(54-27-19-18-26-53(54)68)62-51(42-22-16-15-17-23-42)35-47(66(10,11)12)36-52(62)43-32-45(64(4,5)6)34-46(33-43)65(7,8)9;/h15-37,40-41H,1-14H3;/q-3;. The van der Waals surface area contributed by atoms with Crippen molar-refractivity contribution in [2.75, 3.05) is 9.80 Å². The molecule has 0 spiro atoms. The predicted octanol–water partition coefficient (Wildman–Crippen LogP) is 16.6. The van der Waals surface area contributed by atoms with Crippen molar-refractivity contribution in [3.63, 3.8) is 0 Å². The van der Waals surface area contributed by atoms with Crippen LogP contribution in [0.1, 0.15) is 105 Å². The van der Waals surface area contributed by atoms with E-state index in [1.54, 1.807) is 0 Å². The van der Waals surface area contributed by atoms with Crippen molar-refractivity contribution in [2.45, 2.75) is 116 Å². The molecule has 73 heavy (non-hydrogen) atoms. The molecule has 4 heterocycles. The van der Waals surface area contributed by atoms with Gasteiger partial charge in [0, 0.05) is 21.1 Å².